The second-order valence-corrected chi connectivity index (χ2v) is 4.61. The number of fused-ring (bicyclic) bond motifs is 1. The predicted octanol–water partition coefficient (Wildman–Crippen LogP) is 1.27. The lowest BCUT2D eigenvalue weighted by molar-refractivity contribution is 0.0525. The summed E-state index contributed by atoms with van der Waals surface area (Å²) in [7, 11) is 0. The number of rotatable bonds is 2. The van der Waals surface area contributed by atoms with Crippen molar-refractivity contribution < 1.29 is 14.3 Å². The van der Waals surface area contributed by atoms with Crippen LogP contribution in [-0.4, -0.2) is 23.2 Å². The Balaban J connectivity index is 2.49. The summed E-state index contributed by atoms with van der Waals surface area (Å²) in [5, 5.41) is 0. The van der Waals surface area contributed by atoms with Crippen LogP contribution in [-0.2, 0) is 11.2 Å². The Kier molecular flexibility index (Phi) is 2.69. The van der Waals surface area contributed by atoms with Gasteiger partial charge in [-0.25, -0.2) is 4.79 Å². The molecule has 1 aliphatic rings. The Bertz CT molecular complexity index is 516. The number of carbonyl (C=O) groups is 1. The van der Waals surface area contributed by atoms with Gasteiger partial charge in [0.2, 0.25) is 0 Å². The molecule has 1 aliphatic heterocycles. The van der Waals surface area contributed by atoms with Crippen LogP contribution in [0.2, 0.25) is 0 Å². The van der Waals surface area contributed by atoms with E-state index in [-0.39, 0.29) is 12.2 Å². The summed E-state index contributed by atoms with van der Waals surface area (Å²) in [4.78, 5) is 25.8. The zero-order chi connectivity index (χ0) is 12.6. The maximum Gasteiger partial charge on any atom is 0.338 e. The van der Waals surface area contributed by atoms with Gasteiger partial charge in [0.15, 0.2) is 5.88 Å². The molecule has 0 aromatic carbocycles. The Morgan fingerprint density at radius 1 is 1.59 bits per heavy atom. The predicted molar refractivity (Wildman–Crippen MR) is 61.4 cm³/mol. The van der Waals surface area contributed by atoms with E-state index in [0.717, 1.165) is 0 Å². The molecule has 2 heterocycles. The summed E-state index contributed by atoms with van der Waals surface area (Å²) in [6.45, 7) is 5.82. The number of nitrogens with one attached hydrogen (secondary N) is 1. The molecule has 1 aromatic rings. The summed E-state index contributed by atoms with van der Waals surface area (Å²) >= 11 is 0. The molecule has 0 bridgehead atoms. The normalized spacial score (nSPS) is 16.2. The number of aromatic nitrogens is 1. The lowest BCUT2D eigenvalue weighted by Gasteiger charge is -2.16. The lowest BCUT2D eigenvalue weighted by atomic mass is 9.99. The van der Waals surface area contributed by atoms with Crippen molar-refractivity contribution in [2.75, 3.05) is 6.61 Å². The van der Waals surface area contributed by atoms with Crippen molar-refractivity contribution in [1.82, 2.24) is 4.98 Å². The van der Waals surface area contributed by atoms with Crippen LogP contribution in [0.4, 0.5) is 0 Å². The van der Waals surface area contributed by atoms with Gasteiger partial charge >= 0.3 is 5.97 Å². The summed E-state index contributed by atoms with van der Waals surface area (Å²) in [6.07, 6.45) is 0.577. The molecule has 0 saturated carbocycles. The second kappa shape index (κ2) is 3.91. The maximum atomic E-state index is 11.7. The topological polar surface area (TPSA) is 68.4 Å². The molecule has 5 heteroatoms. The third kappa shape index (κ3) is 2.18. The minimum absolute atomic E-state index is 0.282. The van der Waals surface area contributed by atoms with Crippen LogP contribution in [0.15, 0.2) is 10.9 Å². The van der Waals surface area contributed by atoms with E-state index in [1.807, 2.05) is 13.8 Å². The van der Waals surface area contributed by atoms with Crippen LogP contribution >= 0.6 is 0 Å². The number of esters is 1. The fourth-order valence-electron chi connectivity index (χ4n) is 1.96. The van der Waals surface area contributed by atoms with Gasteiger partial charge in [-0.05, 0) is 20.8 Å². The minimum atomic E-state index is -0.476. The first-order chi connectivity index (χ1) is 7.93. The van der Waals surface area contributed by atoms with E-state index in [4.69, 9.17) is 9.47 Å². The van der Waals surface area contributed by atoms with Crippen molar-refractivity contribution >= 4 is 5.97 Å². The molecule has 5 nitrogen and oxygen atoms in total. The first kappa shape index (κ1) is 11.7. The number of ether oxygens (including phenoxy) is 2. The average Bonchev–Trinajstić information content (AvgIpc) is 2.51. The van der Waals surface area contributed by atoms with Gasteiger partial charge in [-0.15, -0.1) is 0 Å². The second-order valence-electron chi connectivity index (χ2n) is 4.61. The standard InChI is InChI=1S/C12H15NO4/c1-4-16-11(15)7-5-9(14)13-10-8(7)6-12(2,3)17-10/h5H,4,6H2,1-3H3,(H,13,14). The van der Waals surface area contributed by atoms with Gasteiger partial charge in [-0.1, -0.05) is 0 Å². The first-order valence-electron chi connectivity index (χ1n) is 5.55. The fraction of sp³-hybridized carbons (Fsp3) is 0.500. The van der Waals surface area contributed by atoms with Crippen molar-refractivity contribution in [3.8, 4) is 5.88 Å². The third-order valence-corrected chi connectivity index (χ3v) is 2.59. The molecule has 2 rings (SSSR count). The van der Waals surface area contributed by atoms with Crippen LogP contribution in [0.1, 0.15) is 36.7 Å². The monoisotopic (exact) mass is 237 g/mol. The summed E-state index contributed by atoms with van der Waals surface area (Å²) in [5.74, 6) is -0.0956. The molecule has 1 aromatic heterocycles. The molecule has 0 amide bonds. The Morgan fingerprint density at radius 2 is 2.29 bits per heavy atom. The van der Waals surface area contributed by atoms with Crippen LogP contribution < -0.4 is 10.3 Å². The van der Waals surface area contributed by atoms with Gasteiger partial charge in [0, 0.05) is 18.1 Å². The number of pyridine rings is 1. The highest BCUT2D eigenvalue weighted by atomic mass is 16.5. The van der Waals surface area contributed by atoms with E-state index in [0.29, 0.717) is 23.4 Å². The highest BCUT2D eigenvalue weighted by Gasteiger charge is 2.34. The molecule has 0 saturated heterocycles. The molecule has 92 valence electrons. The van der Waals surface area contributed by atoms with Gasteiger partial charge in [0.05, 0.1) is 12.2 Å². The lowest BCUT2D eigenvalue weighted by Crippen LogP contribution is -2.25. The van der Waals surface area contributed by atoms with Gasteiger partial charge in [-0.2, -0.15) is 0 Å². The van der Waals surface area contributed by atoms with Gasteiger partial charge in [0.25, 0.3) is 5.56 Å². The van der Waals surface area contributed by atoms with E-state index >= 15 is 0 Å². The Morgan fingerprint density at radius 3 is 2.94 bits per heavy atom. The average molecular weight is 237 g/mol. The summed E-state index contributed by atoms with van der Waals surface area (Å²) < 4.78 is 10.5. The Hall–Kier alpha value is -1.78. The van der Waals surface area contributed by atoms with Crippen LogP contribution in [0, 0.1) is 0 Å². The number of aromatic amines is 1. The SMILES string of the molecule is CCOC(=O)c1cc(=O)[nH]c2c1CC(C)(C)O2. The molecule has 1 N–H and O–H groups in total. The van der Waals surface area contributed by atoms with E-state index in [1.165, 1.54) is 6.07 Å². The molecular formula is C12H15NO4. The van der Waals surface area contributed by atoms with E-state index in [2.05, 4.69) is 4.98 Å². The van der Waals surface area contributed by atoms with E-state index in [9.17, 15) is 9.59 Å². The number of hydrogen-bond acceptors (Lipinski definition) is 4. The zero-order valence-electron chi connectivity index (χ0n) is 10.1. The minimum Gasteiger partial charge on any atom is -0.472 e. The van der Waals surface area contributed by atoms with Crippen molar-refractivity contribution in [3.05, 3.63) is 27.5 Å². The summed E-state index contributed by atoms with van der Waals surface area (Å²) in [6, 6.07) is 1.27. The van der Waals surface area contributed by atoms with Crippen molar-refractivity contribution in [3.63, 3.8) is 0 Å². The maximum absolute atomic E-state index is 11.7. The number of hydrogen-bond donors (Lipinski definition) is 1. The fourth-order valence-corrected chi connectivity index (χ4v) is 1.96. The first-order valence-corrected chi connectivity index (χ1v) is 5.55. The van der Waals surface area contributed by atoms with Crippen LogP contribution in [0.25, 0.3) is 0 Å². The number of H-pyrrole nitrogens is 1. The Labute approximate surface area is 98.7 Å². The van der Waals surface area contributed by atoms with Crippen molar-refractivity contribution in [2.45, 2.75) is 32.8 Å². The quantitative estimate of drug-likeness (QED) is 0.786. The van der Waals surface area contributed by atoms with Crippen molar-refractivity contribution in [2.24, 2.45) is 0 Å². The van der Waals surface area contributed by atoms with Crippen molar-refractivity contribution in [1.29, 1.82) is 0 Å². The highest BCUT2D eigenvalue weighted by Crippen LogP contribution is 2.34. The smallest absolute Gasteiger partial charge is 0.338 e. The highest BCUT2D eigenvalue weighted by molar-refractivity contribution is 5.91. The molecule has 0 fully saturated rings. The van der Waals surface area contributed by atoms with Crippen LogP contribution in [0.3, 0.4) is 0 Å². The van der Waals surface area contributed by atoms with Gasteiger partial charge in [0.1, 0.15) is 5.60 Å². The molecule has 0 atom stereocenters. The van der Waals surface area contributed by atoms with Gasteiger partial charge in [-0.3, -0.25) is 9.78 Å². The van der Waals surface area contributed by atoms with E-state index in [1.54, 1.807) is 6.92 Å². The molecular weight excluding hydrogens is 222 g/mol. The summed E-state index contributed by atoms with van der Waals surface area (Å²) in [5.41, 5.74) is 0.252. The largest absolute Gasteiger partial charge is 0.472 e. The zero-order valence-corrected chi connectivity index (χ0v) is 10.1. The van der Waals surface area contributed by atoms with Crippen LogP contribution in [0.5, 0.6) is 5.88 Å². The molecule has 0 spiro atoms. The van der Waals surface area contributed by atoms with E-state index < -0.39 is 11.6 Å². The molecule has 0 unspecified atom stereocenters. The molecule has 0 radical (unpaired) electrons. The molecule has 0 aliphatic carbocycles. The molecule has 17 heavy (non-hydrogen) atoms. The number of carbonyl (C=O) groups excluding carboxylic acids is 1. The third-order valence-electron chi connectivity index (χ3n) is 2.59. The van der Waals surface area contributed by atoms with Gasteiger partial charge < -0.3 is 9.47 Å².